The maximum Gasteiger partial charge on any atom is 0.201 e. The maximum absolute atomic E-state index is 9.36. The minimum atomic E-state index is -0.792. The summed E-state index contributed by atoms with van der Waals surface area (Å²) in [6.07, 6.45) is 0. The van der Waals surface area contributed by atoms with Crippen molar-refractivity contribution in [2.45, 2.75) is 3.92 Å². The average molecular weight is 189 g/mol. The highest BCUT2D eigenvalue weighted by atomic mass is 79.9. The van der Waals surface area contributed by atoms with E-state index in [0.29, 0.717) is 0 Å². The quantitative estimate of drug-likeness (QED) is 0.514. The molecular weight excluding hydrogens is 188 g/mol. The van der Waals surface area contributed by atoms with E-state index in [9.17, 15) is 5.11 Å². The van der Waals surface area contributed by atoms with Gasteiger partial charge in [-0.25, -0.2) is 5.11 Å². The van der Waals surface area contributed by atoms with Gasteiger partial charge in [0.25, 0.3) is 0 Å². The van der Waals surface area contributed by atoms with E-state index in [1.165, 1.54) is 0 Å². The first-order valence-corrected chi connectivity index (χ1v) is 2.50. The van der Waals surface area contributed by atoms with Gasteiger partial charge in [0.15, 0.2) is 0 Å². The summed E-state index contributed by atoms with van der Waals surface area (Å²) in [5.41, 5.74) is 0. The molecule has 0 unspecified atom stereocenters. The van der Waals surface area contributed by atoms with Gasteiger partial charge >= 0.3 is 0 Å². The number of hydrogen-bond donors (Lipinski definition) is 0. The van der Waals surface area contributed by atoms with E-state index < -0.39 is 3.92 Å². The Bertz CT molecular complexity index is 10.8. The Morgan fingerprint density at radius 3 is 1.50 bits per heavy atom. The van der Waals surface area contributed by atoms with Crippen LogP contribution in [-0.2, 0) is 5.11 Å². The predicted octanol–water partition coefficient (Wildman–Crippen LogP) is 1.49. The van der Waals surface area contributed by atoms with Gasteiger partial charge in [-0.1, -0.05) is 0 Å². The highest BCUT2D eigenvalue weighted by Crippen LogP contribution is 2.00. The molecule has 0 spiro atoms. The Morgan fingerprint density at radius 2 is 1.50 bits per heavy atom. The zero-order valence-corrected chi connectivity index (χ0v) is 4.91. The van der Waals surface area contributed by atoms with Crippen LogP contribution in [0.25, 0.3) is 0 Å². The molecule has 0 amide bonds. The number of rotatable bonds is 0. The molecule has 3 heteroatoms. The molecule has 4 heavy (non-hydrogen) atoms. The molecule has 0 rings (SSSR count). The minimum absolute atomic E-state index is 0.792. The Hall–Kier alpha value is 0.920. The summed E-state index contributed by atoms with van der Waals surface area (Å²) < 4.78 is -0.792. The van der Waals surface area contributed by atoms with E-state index in [2.05, 4.69) is 31.9 Å². The molecule has 25 valence electrons. The summed E-state index contributed by atoms with van der Waals surface area (Å²) in [6.45, 7) is 0. The molecule has 0 aliphatic heterocycles. The summed E-state index contributed by atoms with van der Waals surface area (Å²) in [5, 5.41) is 9.36. The molecule has 1 radical (unpaired) electrons. The van der Waals surface area contributed by atoms with Gasteiger partial charge in [-0.2, -0.15) is 0 Å². The molecule has 0 aromatic rings. The lowest BCUT2D eigenvalue weighted by atomic mass is 11.7. The van der Waals surface area contributed by atoms with Crippen molar-refractivity contribution in [1.29, 1.82) is 0 Å². The molecule has 0 bridgehead atoms. The molecule has 0 heterocycles. The third kappa shape index (κ3) is 12.7. The lowest BCUT2D eigenvalue weighted by molar-refractivity contribution is 0.244. The van der Waals surface area contributed by atoms with Crippen LogP contribution in [0.2, 0.25) is 0 Å². The highest BCUT2D eigenvalue weighted by molar-refractivity contribution is 9.24. The fourth-order valence-electron chi connectivity index (χ4n) is 0. The van der Waals surface area contributed by atoms with Crippen LogP contribution in [0.4, 0.5) is 0 Å². The second kappa shape index (κ2) is 2.18. The zero-order valence-electron chi connectivity index (χ0n) is 1.74. The molecule has 0 saturated heterocycles. The van der Waals surface area contributed by atoms with Gasteiger partial charge in [-0.3, -0.25) is 0 Å². The minimum Gasteiger partial charge on any atom is -0.208 e. The largest absolute Gasteiger partial charge is 0.208 e. The summed E-state index contributed by atoms with van der Waals surface area (Å²) in [6, 6.07) is 0. The zero-order chi connectivity index (χ0) is 3.58. The van der Waals surface area contributed by atoms with Crippen molar-refractivity contribution >= 4 is 31.9 Å². The molecule has 0 N–H and O–H groups in total. The van der Waals surface area contributed by atoms with Crippen molar-refractivity contribution in [3.63, 3.8) is 0 Å². The number of halogens is 2. The van der Waals surface area contributed by atoms with Crippen LogP contribution in [0.3, 0.4) is 0 Å². The smallest absolute Gasteiger partial charge is 0.201 e. The van der Waals surface area contributed by atoms with Gasteiger partial charge in [0.05, 0.1) is 0 Å². The van der Waals surface area contributed by atoms with E-state index in [1.54, 1.807) is 0 Å². The average Bonchev–Trinajstić information content (AvgIpc) is 0.811. The molecular formula is CHBr2O. The highest BCUT2D eigenvalue weighted by Gasteiger charge is 1.79. The summed E-state index contributed by atoms with van der Waals surface area (Å²) in [4.78, 5) is 0. The Balaban J connectivity index is 2.32. The predicted molar refractivity (Wildman–Crippen MR) is 22.3 cm³/mol. The molecule has 0 fully saturated rings. The van der Waals surface area contributed by atoms with E-state index in [4.69, 9.17) is 0 Å². The normalized spacial score (nSPS) is 9.00. The Labute approximate surface area is 41.3 Å². The first-order chi connectivity index (χ1) is 1.73. The lowest BCUT2D eigenvalue weighted by Gasteiger charge is -1.69. The van der Waals surface area contributed by atoms with Crippen LogP contribution in [0.1, 0.15) is 0 Å². The van der Waals surface area contributed by atoms with Crippen LogP contribution < -0.4 is 0 Å². The van der Waals surface area contributed by atoms with Crippen molar-refractivity contribution in [2.75, 3.05) is 0 Å². The Morgan fingerprint density at radius 1 is 1.50 bits per heavy atom. The summed E-state index contributed by atoms with van der Waals surface area (Å²) in [5.74, 6) is 0. The Kier molecular flexibility index (Phi) is 2.68. The van der Waals surface area contributed by atoms with Gasteiger partial charge in [0.2, 0.25) is 3.92 Å². The molecule has 0 aromatic heterocycles. The van der Waals surface area contributed by atoms with Crippen molar-refractivity contribution in [3.8, 4) is 0 Å². The van der Waals surface area contributed by atoms with Gasteiger partial charge in [-0.05, 0) is 31.9 Å². The molecule has 0 aliphatic carbocycles. The fraction of sp³-hybridized carbons (Fsp3) is 1.00. The SMILES string of the molecule is [O]C(Br)Br. The summed E-state index contributed by atoms with van der Waals surface area (Å²) >= 11 is 5.26. The van der Waals surface area contributed by atoms with Gasteiger partial charge in [0, 0.05) is 0 Å². The van der Waals surface area contributed by atoms with Crippen LogP contribution >= 0.6 is 31.9 Å². The third-order valence-electron chi connectivity index (χ3n) is 0. The van der Waals surface area contributed by atoms with Crippen molar-refractivity contribution in [1.82, 2.24) is 0 Å². The van der Waals surface area contributed by atoms with Crippen LogP contribution in [0.5, 0.6) is 0 Å². The van der Waals surface area contributed by atoms with E-state index in [-0.39, 0.29) is 0 Å². The number of alkyl halides is 2. The van der Waals surface area contributed by atoms with Crippen molar-refractivity contribution in [2.24, 2.45) is 0 Å². The van der Waals surface area contributed by atoms with Crippen molar-refractivity contribution < 1.29 is 5.11 Å². The van der Waals surface area contributed by atoms with Crippen molar-refractivity contribution in [3.05, 3.63) is 0 Å². The summed E-state index contributed by atoms with van der Waals surface area (Å²) in [7, 11) is 0. The van der Waals surface area contributed by atoms with Gasteiger partial charge < -0.3 is 0 Å². The molecule has 1 nitrogen and oxygen atoms in total. The topological polar surface area (TPSA) is 19.9 Å². The second-order valence-electron chi connectivity index (χ2n) is 0.261. The maximum atomic E-state index is 9.36. The van der Waals surface area contributed by atoms with E-state index >= 15 is 0 Å². The molecule has 0 aliphatic rings. The standard InChI is InChI=1S/CHBr2O/c2-1(3)4/h1H. The first kappa shape index (κ1) is 4.92. The monoisotopic (exact) mass is 187 g/mol. The van der Waals surface area contributed by atoms with E-state index in [0.717, 1.165) is 0 Å². The van der Waals surface area contributed by atoms with Crippen LogP contribution in [0.15, 0.2) is 0 Å². The second-order valence-corrected chi connectivity index (χ2v) is 3.15. The van der Waals surface area contributed by atoms with Gasteiger partial charge in [0.1, 0.15) is 0 Å². The first-order valence-electron chi connectivity index (χ1n) is 0.672. The van der Waals surface area contributed by atoms with E-state index in [1.807, 2.05) is 0 Å². The van der Waals surface area contributed by atoms with Crippen LogP contribution in [0, 0.1) is 0 Å². The number of hydrogen-bond acceptors (Lipinski definition) is 0. The molecule has 0 atom stereocenters. The molecule has 0 aromatic carbocycles. The molecule has 0 saturated carbocycles. The van der Waals surface area contributed by atoms with Gasteiger partial charge in [-0.15, -0.1) is 0 Å². The fourth-order valence-corrected chi connectivity index (χ4v) is 0. The third-order valence-corrected chi connectivity index (χ3v) is 0. The lowest BCUT2D eigenvalue weighted by Crippen LogP contribution is -1.65. The van der Waals surface area contributed by atoms with Crippen LogP contribution in [-0.4, -0.2) is 3.92 Å².